The molecule has 0 aromatic carbocycles. The SMILES string of the molecule is CCN(CC)C(=O)c1cn(C2CCN(c3ncccn3)CC2)nn1. The molecule has 0 bridgehead atoms. The summed E-state index contributed by atoms with van der Waals surface area (Å²) in [5.74, 6) is 0.716. The predicted octanol–water partition coefficient (Wildman–Crippen LogP) is 1.39. The van der Waals surface area contributed by atoms with E-state index in [1.165, 1.54) is 0 Å². The van der Waals surface area contributed by atoms with Crippen LogP contribution in [0.1, 0.15) is 43.2 Å². The summed E-state index contributed by atoms with van der Waals surface area (Å²) >= 11 is 0. The third-order valence-corrected chi connectivity index (χ3v) is 4.45. The number of carbonyl (C=O) groups is 1. The first-order valence-corrected chi connectivity index (χ1v) is 8.46. The number of anilines is 1. The van der Waals surface area contributed by atoms with Crippen LogP contribution in [0.25, 0.3) is 0 Å². The number of hydrogen-bond acceptors (Lipinski definition) is 6. The highest BCUT2D eigenvalue weighted by Gasteiger charge is 2.24. The second-order valence-electron chi connectivity index (χ2n) is 5.83. The van der Waals surface area contributed by atoms with Gasteiger partial charge >= 0.3 is 0 Å². The fourth-order valence-corrected chi connectivity index (χ4v) is 3.01. The van der Waals surface area contributed by atoms with E-state index in [1.54, 1.807) is 23.5 Å². The zero-order valence-corrected chi connectivity index (χ0v) is 14.2. The van der Waals surface area contributed by atoms with Crippen molar-refractivity contribution < 1.29 is 4.79 Å². The van der Waals surface area contributed by atoms with E-state index in [0.717, 1.165) is 31.9 Å². The van der Waals surface area contributed by atoms with Gasteiger partial charge in [0.15, 0.2) is 5.69 Å². The van der Waals surface area contributed by atoms with E-state index in [-0.39, 0.29) is 11.9 Å². The van der Waals surface area contributed by atoms with Crippen LogP contribution in [0, 0.1) is 0 Å². The molecule has 128 valence electrons. The van der Waals surface area contributed by atoms with Crippen molar-refractivity contribution in [2.24, 2.45) is 0 Å². The molecule has 0 saturated carbocycles. The fourth-order valence-electron chi connectivity index (χ4n) is 3.01. The highest BCUT2D eigenvalue weighted by Crippen LogP contribution is 2.23. The molecule has 1 aliphatic rings. The van der Waals surface area contributed by atoms with Crippen LogP contribution in [0.3, 0.4) is 0 Å². The van der Waals surface area contributed by atoms with E-state index in [4.69, 9.17) is 0 Å². The standard InChI is InChI=1S/C16H23N7O/c1-3-21(4-2)15(24)14-12-23(20-19-14)13-6-10-22(11-7-13)16-17-8-5-9-18-16/h5,8-9,12-13H,3-4,6-7,10-11H2,1-2H3. The molecule has 0 spiro atoms. The first kappa shape index (κ1) is 16.4. The Kier molecular flexibility index (Phi) is 5.02. The summed E-state index contributed by atoms with van der Waals surface area (Å²) in [7, 11) is 0. The molecule has 2 aromatic heterocycles. The third kappa shape index (κ3) is 3.37. The first-order chi connectivity index (χ1) is 11.7. The highest BCUT2D eigenvalue weighted by atomic mass is 16.2. The Morgan fingerprint density at radius 2 is 1.88 bits per heavy atom. The maximum absolute atomic E-state index is 12.3. The van der Waals surface area contributed by atoms with Crippen LogP contribution >= 0.6 is 0 Å². The van der Waals surface area contributed by atoms with Crippen LogP contribution in [-0.2, 0) is 0 Å². The monoisotopic (exact) mass is 329 g/mol. The van der Waals surface area contributed by atoms with Gasteiger partial charge in [0.25, 0.3) is 5.91 Å². The average molecular weight is 329 g/mol. The van der Waals surface area contributed by atoms with E-state index >= 15 is 0 Å². The Balaban J connectivity index is 1.62. The summed E-state index contributed by atoms with van der Waals surface area (Å²) in [5.41, 5.74) is 0.424. The average Bonchev–Trinajstić information content (AvgIpc) is 3.14. The summed E-state index contributed by atoms with van der Waals surface area (Å²) in [6, 6.07) is 2.08. The second kappa shape index (κ2) is 7.37. The molecule has 0 radical (unpaired) electrons. The van der Waals surface area contributed by atoms with Crippen LogP contribution in [0.5, 0.6) is 0 Å². The van der Waals surface area contributed by atoms with Crippen molar-refractivity contribution in [1.82, 2.24) is 29.9 Å². The van der Waals surface area contributed by atoms with Crippen molar-refractivity contribution in [3.05, 3.63) is 30.4 Å². The maximum Gasteiger partial charge on any atom is 0.276 e. The number of piperidine rings is 1. The lowest BCUT2D eigenvalue weighted by atomic mass is 10.1. The van der Waals surface area contributed by atoms with Gasteiger partial charge in [-0.1, -0.05) is 5.21 Å². The van der Waals surface area contributed by atoms with Crippen molar-refractivity contribution in [1.29, 1.82) is 0 Å². The lowest BCUT2D eigenvalue weighted by molar-refractivity contribution is 0.0767. The first-order valence-electron chi connectivity index (χ1n) is 8.46. The van der Waals surface area contributed by atoms with Crippen LogP contribution in [-0.4, -0.2) is 61.9 Å². The van der Waals surface area contributed by atoms with Crippen molar-refractivity contribution in [2.75, 3.05) is 31.1 Å². The topological polar surface area (TPSA) is 80.0 Å². The van der Waals surface area contributed by atoms with Gasteiger partial charge in [-0.2, -0.15) is 0 Å². The summed E-state index contributed by atoms with van der Waals surface area (Å²) < 4.78 is 1.83. The zero-order valence-electron chi connectivity index (χ0n) is 14.2. The van der Waals surface area contributed by atoms with E-state index in [2.05, 4.69) is 25.2 Å². The van der Waals surface area contributed by atoms with Crippen LogP contribution in [0.15, 0.2) is 24.7 Å². The molecule has 3 rings (SSSR count). The molecule has 1 fully saturated rings. The molecule has 1 saturated heterocycles. The van der Waals surface area contributed by atoms with Gasteiger partial charge in [-0.15, -0.1) is 5.10 Å². The molecule has 0 aliphatic carbocycles. The summed E-state index contributed by atoms with van der Waals surface area (Å²) in [5, 5.41) is 8.25. The molecular weight excluding hydrogens is 306 g/mol. The van der Waals surface area contributed by atoms with Gasteiger partial charge in [0.05, 0.1) is 12.2 Å². The molecule has 1 amide bonds. The van der Waals surface area contributed by atoms with E-state index < -0.39 is 0 Å². The van der Waals surface area contributed by atoms with Gasteiger partial charge in [-0.25, -0.2) is 14.6 Å². The van der Waals surface area contributed by atoms with Crippen molar-refractivity contribution in [3.8, 4) is 0 Å². The van der Waals surface area contributed by atoms with Crippen LogP contribution < -0.4 is 4.90 Å². The minimum absolute atomic E-state index is 0.0543. The van der Waals surface area contributed by atoms with Gasteiger partial charge in [-0.3, -0.25) is 4.79 Å². The molecule has 24 heavy (non-hydrogen) atoms. The van der Waals surface area contributed by atoms with Crippen molar-refractivity contribution >= 4 is 11.9 Å². The van der Waals surface area contributed by atoms with E-state index in [1.807, 2.05) is 24.6 Å². The molecule has 8 heteroatoms. The fraction of sp³-hybridized carbons (Fsp3) is 0.562. The summed E-state index contributed by atoms with van der Waals surface area (Å²) in [4.78, 5) is 24.8. The van der Waals surface area contributed by atoms with Gasteiger partial charge in [0, 0.05) is 38.6 Å². The highest BCUT2D eigenvalue weighted by molar-refractivity contribution is 5.91. The van der Waals surface area contributed by atoms with E-state index in [9.17, 15) is 4.79 Å². The largest absolute Gasteiger partial charge is 0.341 e. The van der Waals surface area contributed by atoms with Crippen molar-refractivity contribution in [2.45, 2.75) is 32.7 Å². The molecule has 3 heterocycles. The van der Waals surface area contributed by atoms with Crippen molar-refractivity contribution in [3.63, 3.8) is 0 Å². The summed E-state index contributed by atoms with van der Waals surface area (Å²) in [6.45, 7) is 7.03. The molecule has 8 nitrogen and oxygen atoms in total. The number of aromatic nitrogens is 5. The van der Waals surface area contributed by atoms with Gasteiger partial charge in [-0.05, 0) is 32.8 Å². The lowest BCUT2D eigenvalue weighted by Gasteiger charge is -2.31. The Morgan fingerprint density at radius 1 is 1.21 bits per heavy atom. The number of rotatable bonds is 5. The number of hydrogen-bond donors (Lipinski definition) is 0. The van der Waals surface area contributed by atoms with Crippen LogP contribution in [0.4, 0.5) is 5.95 Å². The lowest BCUT2D eigenvalue weighted by Crippen LogP contribution is -2.35. The minimum Gasteiger partial charge on any atom is -0.341 e. The van der Waals surface area contributed by atoms with Gasteiger partial charge in [0.1, 0.15) is 0 Å². The number of amides is 1. The van der Waals surface area contributed by atoms with Crippen LogP contribution in [0.2, 0.25) is 0 Å². The Hall–Kier alpha value is -2.51. The molecule has 2 aromatic rings. The quantitative estimate of drug-likeness (QED) is 0.825. The van der Waals surface area contributed by atoms with Gasteiger partial charge < -0.3 is 9.80 Å². The molecule has 0 unspecified atom stereocenters. The Morgan fingerprint density at radius 3 is 2.50 bits per heavy atom. The second-order valence-corrected chi connectivity index (χ2v) is 5.83. The molecule has 1 aliphatic heterocycles. The molecular formula is C16H23N7O. The summed E-state index contributed by atoms with van der Waals surface area (Å²) in [6.07, 6.45) is 7.16. The molecule has 0 N–H and O–H groups in total. The van der Waals surface area contributed by atoms with Gasteiger partial charge in [0.2, 0.25) is 5.95 Å². The maximum atomic E-state index is 12.3. The number of nitrogens with zero attached hydrogens (tertiary/aromatic N) is 7. The third-order valence-electron chi connectivity index (χ3n) is 4.45. The Labute approximate surface area is 141 Å². The normalized spacial score (nSPS) is 15.5. The predicted molar refractivity (Wildman–Crippen MR) is 89.8 cm³/mol. The number of carbonyl (C=O) groups excluding carboxylic acids is 1. The van der Waals surface area contributed by atoms with E-state index in [0.29, 0.717) is 18.8 Å². The Bertz CT molecular complexity index is 660. The minimum atomic E-state index is -0.0543. The smallest absolute Gasteiger partial charge is 0.276 e. The zero-order chi connectivity index (χ0) is 16.9. The molecule has 0 atom stereocenters.